The summed E-state index contributed by atoms with van der Waals surface area (Å²) in [7, 11) is 0. The molecule has 1 rings (SSSR count). The summed E-state index contributed by atoms with van der Waals surface area (Å²) in [4.78, 5) is 4.50. The highest BCUT2D eigenvalue weighted by Crippen LogP contribution is 2.19. The first-order chi connectivity index (χ1) is 8.27. The fourth-order valence-corrected chi connectivity index (χ4v) is 2.47. The van der Waals surface area contributed by atoms with Crippen LogP contribution in [0.4, 0.5) is 0 Å². The summed E-state index contributed by atoms with van der Waals surface area (Å²) in [5.74, 6) is 1.17. The van der Waals surface area contributed by atoms with Crippen molar-refractivity contribution < 1.29 is 0 Å². The molecule has 0 aromatic carbocycles. The average Bonchev–Trinajstić information content (AvgIpc) is 2.37. The molecule has 1 aromatic heterocycles. The second-order valence-electron chi connectivity index (χ2n) is 4.31. The molecule has 1 aromatic rings. The Kier molecular flexibility index (Phi) is 7.29. The van der Waals surface area contributed by atoms with Crippen LogP contribution in [0.1, 0.15) is 51.6 Å². The third kappa shape index (κ3) is 5.55. The maximum Gasteiger partial charge on any atom is 0.0960 e. The second-order valence-corrected chi connectivity index (χ2v) is 5.42. The van der Waals surface area contributed by atoms with Gasteiger partial charge in [-0.25, -0.2) is 4.98 Å². The third-order valence-corrected chi connectivity index (χ3v) is 3.74. The summed E-state index contributed by atoms with van der Waals surface area (Å²) in [5.41, 5.74) is 1.28. The van der Waals surface area contributed by atoms with Gasteiger partial charge in [0.05, 0.1) is 5.03 Å². The summed E-state index contributed by atoms with van der Waals surface area (Å²) in [6.45, 7) is 7.66. The zero-order chi connectivity index (χ0) is 12.5. The van der Waals surface area contributed by atoms with E-state index in [9.17, 15) is 0 Å². The number of thioether (sulfide) groups is 1. The Morgan fingerprint density at radius 3 is 2.71 bits per heavy atom. The van der Waals surface area contributed by atoms with Crippen molar-refractivity contribution in [2.45, 2.75) is 51.1 Å². The van der Waals surface area contributed by atoms with E-state index in [0.717, 1.165) is 11.6 Å². The fourth-order valence-electron chi connectivity index (χ4n) is 1.53. The van der Waals surface area contributed by atoms with Crippen LogP contribution < -0.4 is 5.32 Å². The SMILES string of the molecule is CCCCSc1ccc(C(C)NCCC)cn1. The van der Waals surface area contributed by atoms with Crippen LogP contribution in [-0.4, -0.2) is 17.3 Å². The van der Waals surface area contributed by atoms with Crippen molar-refractivity contribution in [2.24, 2.45) is 0 Å². The summed E-state index contributed by atoms with van der Waals surface area (Å²) < 4.78 is 0. The van der Waals surface area contributed by atoms with Gasteiger partial charge >= 0.3 is 0 Å². The largest absolute Gasteiger partial charge is 0.310 e. The molecule has 96 valence electrons. The molecule has 0 amide bonds. The Balaban J connectivity index is 2.43. The van der Waals surface area contributed by atoms with Crippen LogP contribution >= 0.6 is 11.8 Å². The summed E-state index contributed by atoms with van der Waals surface area (Å²) >= 11 is 1.85. The predicted octanol–water partition coefficient (Wildman–Crippen LogP) is 4.03. The van der Waals surface area contributed by atoms with Gasteiger partial charge in [-0.3, -0.25) is 0 Å². The van der Waals surface area contributed by atoms with E-state index in [2.05, 4.69) is 43.2 Å². The van der Waals surface area contributed by atoms with Gasteiger partial charge in [0.25, 0.3) is 0 Å². The molecular weight excluding hydrogens is 228 g/mol. The molecule has 3 heteroatoms. The van der Waals surface area contributed by atoms with Gasteiger partial charge in [-0.15, -0.1) is 11.8 Å². The quantitative estimate of drug-likeness (QED) is 0.558. The number of aromatic nitrogens is 1. The summed E-state index contributed by atoms with van der Waals surface area (Å²) in [5, 5.41) is 4.62. The first-order valence-electron chi connectivity index (χ1n) is 6.60. The van der Waals surface area contributed by atoms with E-state index in [1.54, 1.807) is 0 Å². The van der Waals surface area contributed by atoms with Crippen molar-refractivity contribution >= 4 is 11.8 Å². The molecule has 0 radical (unpaired) electrons. The molecule has 0 bridgehead atoms. The lowest BCUT2D eigenvalue weighted by atomic mass is 10.1. The molecule has 0 aliphatic heterocycles. The first-order valence-corrected chi connectivity index (χ1v) is 7.58. The van der Waals surface area contributed by atoms with Crippen molar-refractivity contribution in [1.82, 2.24) is 10.3 Å². The second kappa shape index (κ2) is 8.54. The lowest BCUT2D eigenvalue weighted by Gasteiger charge is -2.13. The molecule has 17 heavy (non-hydrogen) atoms. The van der Waals surface area contributed by atoms with Gasteiger partial charge in [-0.1, -0.05) is 26.3 Å². The van der Waals surface area contributed by atoms with Gasteiger partial charge in [-0.05, 0) is 43.7 Å². The molecule has 0 fully saturated rings. The fraction of sp³-hybridized carbons (Fsp3) is 0.643. The Morgan fingerprint density at radius 1 is 1.29 bits per heavy atom. The highest BCUT2D eigenvalue weighted by atomic mass is 32.2. The van der Waals surface area contributed by atoms with E-state index in [-0.39, 0.29) is 0 Å². The van der Waals surface area contributed by atoms with Crippen LogP contribution in [0.5, 0.6) is 0 Å². The van der Waals surface area contributed by atoms with Gasteiger partial charge in [0, 0.05) is 12.2 Å². The van der Waals surface area contributed by atoms with Gasteiger partial charge in [0.2, 0.25) is 0 Å². The molecule has 1 atom stereocenters. The van der Waals surface area contributed by atoms with Crippen molar-refractivity contribution in [3.63, 3.8) is 0 Å². The van der Waals surface area contributed by atoms with E-state index < -0.39 is 0 Å². The molecular formula is C14H24N2S. The van der Waals surface area contributed by atoms with Crippen molar-refractivity contribution in [1.29, 1.82) is 0 Å². The predicted molar refractivity (Wildman–Crippen MR) is 76.6 cm³/mol. The zero-order valence-corrected chi connectivity index (χ0v) is 12.0. The first kappa shape index (κ1) is 14.5. The monoisotopic (exact) mass is 252 g/mol. The number of hydrogen-bond donors (Lipinski definition) is 1. The van der Waals surface area contributed by atoms with E-state index in [4.69, 9.17) is 0 Å². The van der Waals surface area contributed by atoms with Gasteiger partial charge in [0.1, 0.15) is 0 Å². The molecule has 1 N–H and O–H groups in total. The van der Waals surface area contributed by atoms with E-state index in [1.165, 1.54) is 30.6 Å². The molecule has 0 saturated heterocycles. The van der Waals surface area contributed by atoms with E-state index in [1.807, 2.05) is 18.0 Å². The number of pyridine rings is 1. The molecule has 0 saturated carbocycles. The van der Waals surface area contributed by atoms with Gasteiger partial charge in [0.15, 0.2) is 0 Å². The van der Waals surface area contributed by atoms with Crippen molar-refractivity contribution in [2.75, 3.05) is 12.3 Å². The average molecular weight is 252 g/mol. The Bertz CT molecular complexity index is 298. The van der Waals surface area contributed by atoms with Crippen LogP contribution in [0, 0.1) is 0 Å². The van der Waals surface area contributed by atoms with Crippen LogP contribution in [-0.2, 0) is 0 Å². The number of nitrogens with zero attached hydrogens (tertiary/aromatic N) is 1. The van der Waals surface area contributed by atoms with Crippen molar-refractivity contribution in [3.05, 3.63) is 23.9 Å². The minimum atomic E-state index is 0.400. The van der Waals surface area contributed by atoms with Crippen LogP contribution in [0.2, 0.25) is 0 Å². The van der Waals surface area contributed by atoms with E-state index in [0.29, 0.717) is 6.04 Å². The van der Waals surface area contributed by atoms with Crippen LogP contribution in [0.15, 0.2) is 23.4 Å². The van der Waals surface area contributed by atoms with Crippen LogP contribution in [0.25, 0.3) is 0 Å². The molecule has 2 nitrogen and oxygen atoms in total. The maximum absolute atomic E-state index is 4.50. The number of rotatable bonds is 8. The number of nitrogens with one attached hydrogen (secondary N) is 1. The Labute approximate surface area is 110 Å². The van der Waals surface area contributed by atoms with E-state index >= 15 is 0 Å². The van der Waals surface area contributed by atoms with Gasteiger partial charge in [-0.2, -0.15) is 0 Å². The lowest BCUT2D eigenvalue weighted by molar-refractivity contribution is 0.568. The molecule has 0 aliphatic carbocycles. The minimum Gasteiger partial charge on any atom is -0.310 e. The smallest absolute Gasteiger partial charge is 0.0960 e. The van der Waals surface area contributed by atoms with Crippen molar-refractivity contribution in [3.8, 4) is 0 Å². The zero-order valence-electron chi connectivity index (χ0n) is 11.2. The van der Waals surface area contributed by atoms with Gasteiger partial charge < -0.3 is 5.32 Å². The highest BCUT2D eigenvalue weighted by molar-refractivity contribution is 7.99. The maximum atomic E-state index is 4.50. The molecule has 1 heterocycles. The minimum absolute atomic E-state index is 0.400. The standard InChI is InChI=1S/C14H24N2S/c1-4-6-10-17-14-8-7-13(11-16-14)12(3)15-9-5-2/h7-8,11-12,15H,4-6,9-10H2,1-3H3. The normalized spacial score (nSPS) is 12.6. The number of hydrogen-bond acceptors (Lipinski definition) is 3. The topological polar surface area (TPSA) is 24.9 Å². The Morgan fingerprint density at radius 2 is 2.12 bits per heavy atom. The summed E-state index contributed by atoms with van der Waals surface area (Å²) in [6.07, 6.45) is 5.69. The lowest BCUT2D eigenvalue weighted by Crippen LogP contribution is -2.19. The van der Waals surface area contributed by atoms with Crippen LogP contribution in [0.3, 0.4) is 0 Å². The molecule has 1 unspecified atom stereocenters. The Hall–Kier alpha value is -0.540. The summed E-state index contributed by atoms with van der Waals surface area (Å²) in [6, 6.07) is 4.73. The molecule has 0 spiro atoms. The number of unbranched alkanes of at least 4 members (excludes halogenated alkanes) is 1. The third-order valence-electron chi connectivity index (χ3n) is 2.71. The highest BCUT2D eigenvalue weighted by Gasteiger charge is 2.04. The molecule has 0 aliphatic rings.